The summed E-state index contributed by atoms with van der Waals surface area (Å²) in [5, 5.41) is 12.5. The molecule has 6 nitrogen and oxygen atoms in total. The van der Waals surface area contributed by atoms with Gasteiger partial charge in [0.2, 0.25) is 6.29 Å². The maximum absolute atomic E-state index is 12.1. The summed E-state index contributed by atoms with van der Waals surface area (Å²) in [5.41, 5.74) is 0.393. The van der Waals surface area contributed by atoms with Crippen LogP contribution in [0.15, 0.2) is 10.2 Å². The molecule has 5 unspecified atom stereocenters. The first kappa shape index (κ1) is 22.2. The summed E-state index contributed by atoms with van der Waals surface area (Å²) in [5.74, 6) is -0.0364. The molecule has 2 N–H and O–H groups in total. The Balaban J connectivity index is 2.14. The number of unbranched alkanes of at least 4 members (excludes halogenated alkanes) is 1. The zero-order chi connectivity index (χ0) is 20.1. The summed E-state index contributed by atoms with van der Waals surface area (Å²) in [6.07, 6.45) is 4.45. The summed E-state index contributed by atoms with van der Waals surface area (Å²) in [4.78, 5) is 23.7. The average molecular weight is 446 g/mol. The van der Waals surface area contributed by atoms with Gasteiger partial charge in [0.1, 0.15) is 16.2 Å². The highest BCUT2D eigenvalue weighted by Crippen LogP contribution is 2.38. The number of nitrogens with one attached hydrogen (secondary N) is 1. The van der Waals surface area contributed by atoms with Crippen molar-refractivity contribution in [1.29, 1.82) is 0 Å². The van der Waals surface area contributed by atoms with E-state index in [2.05, 4.69) is 42.0 Å². The third-order valence-corrected chi connectivity index (χ3v) is 6.35. The highest BCUT2D eigenvalue weighted by Gasteiger charge is 2.40. The van der Waals surface area contributed by atoms with E-state index >= 15 is 0 Å². The Kier molecular flexibility index (Phi) is 8.16. The number of ether oxygens (including phenoxy) is 2. The van der Waals surface area contributed by atoms with Gasteiger partial charge in [-0.05, 0) is 52.9 Å². The van der Waals surface area contributed by atoms with E-state index in [1.165, 1.54) is 6.42 Å². The lowest BCUT2D eigenvalue weighted by Crippen LogP contribution is -2.42. The first-order chi connectivity index (χ1) is 12.7. The lowest BCUT2D eigenvalue weighted by atomic mass is 9.75. The molecular formula is C20H32BrNO5. The molecular weight excluding hydrogens is 414 g/mol. The number of aliphatic carboxylic acids is 1. The third-order valence-electron chi connectivity index (χ3n) is 5.60. The van der Waals surface area contributed by atoms with Crippen LogP contribution in [0.1, 0.15) is 66.2 Å². The molecule has 0 saturated heterocycles. The average Bonchev–Trinajstić information content (AvgIpc) is 2.85. The van der Waals surface area contributed by atoms with Gasteiger partial charge in [0.05, 0.1) is 6.10 Å². The van der Waals surface area contributed by atoms with Gasteiger partial charge in [-0.2, -0.15) is 0 Å². The van der Waals surface area contributed by atoms with Crippen LogP contribution < -0.4 is 5.32 Å². The van der Waals surface area contributed by atoms with Crippen LogP contribution in [0.5, 0.6) is 0 Å². The van der Waals surface area contributed by atoms with Gasteiger partial charge in [-0.25, -0.2) is 9.59 Å². The molecule has 1 fully saturated rings. The molecule has 1 saturated carbocycles. The number of hydrogen-bond donors (Lipinski definition) is 2. The van der Waals surface area contributed by atoms with Crippen molar-refractivity contribution in [2.75, 3.05) is 0 Å². The highest BCUT2D eigenvalue weighted by molar-refractivity contribution is 9.12. The van der Waals surface area contributed by atoms with Gasteiger partial charge in [0.25, 0.3) is 0 Å². The van der Waals surface area contributed by atoms with Crippen LogP contribution in [0.4, 0.5) is 0 Å². The molecule has 1 aliphatic heterocycles. The fraction of sp³-hybridized carbons (Fsp3) is 0.800. The second-order valence-electron chi connectivity index (χ2n) is 8.14. The van der Waals surface area contributed by atoms with Crippen LogP contribution in [0.25, 0.3) is 0 Å². The molecule has 2 rings (SSSR count). The number of rotatable bonds is 9. The Morgan fingerprint density at radius 2 is 2.11 bits per heavy atom. The van der Waals surface area contributed by atoms with Crippen molar-refractivity contribution >= 4 is 27.9 Å². The number of carboxylic acid groups (broad SMARTS) is 1. The van der Waals surface area contributed by atoms with E-state index in [0.29, 0.717) is 29.9 Å². The highest BCUT2D eigenvalue weighted by atomic mass is 79.9. The summed E-state index contributed by atoms with van der Waals surface area (Å²) in [6.45, 7) is 8.60. The van der Waals surface area contributed by atoms with Crippen molar-refractivity contribution in [1.82, 2.24) is 5.32 Å². The largest absolute Gasteiger partial charge is 0.480 e. The first-order valence-electron chi connectivity index (χ1n) is 10.00. The molecule has 27 heavy (non-hydrogen) atoms. The summed E-state index contributed by atoms with van der Waals surface area (Å²) < 4.78 is 11.9. The summed E-state index contributed by atoms with van der Waals surface area (Å²) >= 11 is 3.25. The number of carbonyl (C=O) groups is 2. The van der Waals surface area contributed by atoms with Crippen molar-refractivity contribution in [3.8, 4) is 0 Å². The Hall–Kier alpha value is -1.08. The van der Waals surface area contributed by atoms with Gasteiger partial charge in [-0.1, -0.05) is 47.0 Å². The minimum absolute atomic E-state index is 0.0133. The number of carbonyl (C=O) groups excluding carboxylic acids is 1. The maximum atomic E-state index is 12.1. The van der Waals surface area contributed by atoms with Crippen LogP contribution in [0.2, 0.25) is 0 Å². The Morgan fingerprint density at radius 3 is 2.70 bits per heavy atom. The minimum Gasteiger partial charge on any atom is -0.480 e. The predicted octanol–water partition coefficient (Wildman–Crippen LogP) is 4.19. The van der Waals surface area contributed by atoms with Crippen LogP contribution in [0.3, 0.4) is 0 Å². The molecule has 7 heteroatoms. The summed E-state index contributed by atoms with van der Waals surface area (Å²) in [6, 6.07) is -0.778. The van der Waals surface area contributed by atoms with E-state index in [1.807, 2.05) is 6.92 Å². The molecule has 0 aromatic heterocycles. The van der Waals surface area contributed by atoms with Crippen molar-refractivity contribution in [3.05, 3.63) is 10.2 Å². The van der Waals surface area contributed by atoms with Gasteiger partial charge in [-0.3, -0.25) is 0 Å². The standard InChI is InChI=1S/C20H32BrNO5/c1-5-6-7-14(18(23)24)22-17-16(21)19(25)27-20(17)26-15-10-12(4)8-9-13(15)11(2)3/h11-15,20,22H,5-10H2,1-4H3,(H,23,24). The van der Waals surface area contributed by atoms with E-state index in [-0.39, 0.29) is 10.6 Å². The molecule has 0 aromatic rings. The van der Waals surface area contributed by atoms with Crippen LogP contribution in [-0.4, -0.2) is 35.5 Å². The molecule has 0 radical (unpaired) electrons. The minimum atomic E-state index is -0.944. The van der Waals surface area contributed by atoms with E-state index in [0.717, 1.165) is 25.7 Å². The van der Waals surface area contributed by atoms with Crippen LogP contribution >= 0.6 is 15.9 Å². The lowest BCUT2D eigenvalue weighted by molar-refractivity contribution is -0.182. The number of cyclic esters (lactones) is 1. The van der Waals surface area contributed by atoms with Crippen molar-refractivity contribution in [2.24, 2.45) is 17.8 Å². The number of esters is 1. The quantitative estimate of drug-likeness (QED) is 0.517. The fourth-order valence-electron chi connectivity index (χ4n) is 3.93. The van der Waals surface area contributed by atoms with Crippen LogP contribution in [0, 0.1) is 17.8 Å². The molecule has 0 aromatic carbocycles. The third kappa shape index (κ3) is 5.70. The van der Waals surface area contributed by atoms with Crippen molar-refractivity contribution < 1.29 is 24.2 Å². The molecule has 154 valence electrons. The second kappa shape index (κ2) is 9.92. The van der Waals surface area contributed by atoms with E-state index in [4.69, 9.17) is 9.47 Å². The van der Waals surface area contributed by atoms with Gasteiger partial charge >= 0.3 is 11.9 Å². The van der Waals surface area contributed by atoms with Gasteiger partial charge < -0.3 is 19.9 Å². The fourth-order valence-corrected chi connectivity index (χ4v) is 4.33. The van der Waals surface area contributed by atoms with Gasteiger partial charge in [0.15, 0.2) is 0 Å². The van der Waals surface area contributed by atoms with Crippen LogP contribution in [-0.2, 0) is 19.1 Å². The molecule has 0 bridgehead atoms. The van der Waals surface area contributed by atoms with E-state index in [1.54, 1.807) is 0 Å². The SMILES string of the molecule is CCCCC(NC1=C(Br)C(=O)OC1OC1CC(C)CCC1C(C)C)C(=O)O. The number of carboxylic acids is 1. The number of hydrogen-bond acceptors (Lipinski definition) is 5. The monoisotopic (exact) mass is 445 g/mol. The molecule has 0 amide bonds. The molecule has 1 heterocycles. The normalized spacial score (nSPS) is 29.8. The Morgan fingerprint density at radius 1 is 1.41 bits per heavy atom. The van der Waals surface area contributed by atoms with Gasteiger partial charge in [-0.15, -0.1) is 0 Å². The second-order valence-corrected chi connectivity index (χ2v) is 8.94. The molecule has 2 aliphatic rings. The molecule has 0 spiro atoms. The molecule has 1 aliphatic carbocycles. The van der Waals surface area contributed by atoms with Gasteiger partial charge in [0, 0.05) is 0 Å². The number of halogens is 1. The smallest absolute Gasteiger partial charge is 0.349 e. The zero-order valence-electron chi connectivity index (χ0n) is 16.7. The molecule has 5 atom stereocenters. The predicted molar refractivity (Wildman–Crippen MR) is 106 cm³/mol. The van der Waals surface area contributed by atoms with E-state index < -0.39 is 24.3 Å². The van der Waals surface area contributed by atoms with E-state index in [9.17, 15) is 14.7 Å². The van der Waals surface area contributed by atoms with Crippen molar-refractivity contribution in [3.63, 3.8) is 0 Å². The Bertz CT molecular complexity index is 577. The lowest BCUT2D eigenvalue weighted by Gasteiger charge is -2.38. The topological polar surface area (TPSA) is 84.9 Å². The summed E-state index contributed by atoms with van der Waals surface area (Å²) in [7, 11) is 0. The zero-order valence-corrected chi connectivity index (χ0v) is 18.3. The van der Waals surface area contributed by atoms with Crippen molar-refractivity contribution in [2.45, 2.75) is 84.7 Å². The Labute approximate surface area is 170 Å². The first-order valence-corrected chi connectivity index (χ1v) is 10.8. The maximum Gasteiger partial charge on any atom is 0.349 e.